The normalized spacial score (nSPS) is 19.7. The van der Waals surface area contributed by atoms with Gasteiger partial charge in [0.05, 0.1) is 11.8 Å². The SMILES string of the molecule is Cc1sc2nc(CC(=O)NNC(=S)N[C@@H]3CCCC[C@H]3C)[nH]c(=O)c2c1C. The van der Waals surface area contributed by atoms with Crippen molar-refractivity contribution in [2.75, 3.05) is 0 Å². The number of hydrogen-bond donors (Lipinski definition) is 4. The molecule has 0 bridgehead atoms. The van der Waals surface area contributed by atoms with E-state index in [-0.39, 0.29) is 17.9 Å². The van der Waals surface area contributed by atoms with Crippen LogP contribution in [0.3, 0.4) is 0 Å². The fraction of sp³-hybridized carbons (Fsp3) is 0.556. The largest absolute Gasteiger partial charge is 0.358 e. The van der Waals surface area contributed by atoms with Crippen LogP contribution in [0.25, 0.3) is 10.2 Å². The first kappa shape index (κ1) is 19.8. The maximum atomic E-state index is 12.3. The second kappa shape index (κ2) is 8.35. The Balaban J connectivity index is 1.55. The van der Waals surface area contributed by atoms with Crippen LogP contribution in [-0.2, 0) is 11.2 Å². The number of fused-ring (bicyclic) bond motifs is 1. The Kier molecular flexibility index (Phi) is 6.11. The molecule has 1 aliphatic carbocycles. The van der Waals surface area contributed by atoms with Gasteiger partial charge in [-0.2, -0.15) is 0 Å². The zero-order chi connectivity index (χ0) is 19.6. The number of carbonyl (C=O) groups is 1. The molecule has 1 amide bonds. The smallest absolute Gasteiger partial charge is 0.259 e. The van der Waals surface area contributed by atoms with Crippen molar-refractivity contribution in [3.8, 4) is 0 Å². The molecule has 2 aromatic heterocycles. The molecular formula is C18H25N5O2S2. The molecular weight excluding hydrogens is 382 g/mol. The number of hydrazine groups is 1. The van der Waals surface area contributed by atoms with Crippen molar-refractivity contribution < 1.29 is 4.79 Å². The van der Waals surface area contributed by atoms with Gasteiger partial charge in [0.1, 0.15) is 10.7 Å². The molecule has 3 rings (SSSR count). The molecule has 2 heterocycles. The molecule has 0 unspecified atom stereocenters. The van der Waals surface area contributed by atoms with E-state index in [1.165, 1.54) is 30.6 Å². The van der Waals surface area contributed by atoms with E-state index in [9.17, 15) is 9.59 Å². The predicted molar refractivity (Wildman–Crippen MR) is 112 cm³/mol. The van der Waals surface area contributed by atoms with Crippen LogP contribution in [0.5, 0.6) is 0 Å². The van der Waals surface area contributed by atoms with Gasteiger partial charge in [0, 0.05) is 10.9 Å². The first-order valence-electron chi connectivity index (χ1n) is 9.19. The van der Waals surface area contributed by atoms with Crippen molar-refractivity contribution in [2.24, 2.45) is 5.92 Å². The number of hydrogen-bond acceptors (Lipinski definition) is 5. The van der Waals surface area contributed by atoms with Crippen LogP contribution in [0.15, 0.2) is 4.79 Å². The van der Waals surface area contributed by atoms with E-state index in [2.05, 4.69) is 33.1 Å². The van der Waals surface area contributed by atoms with Crippen LogP contribution in [0.2, 0.25) is 0 Å². The number of thiophene rings is 1. The Morgan fingerprint density at radius 3 is 2.78 bits per heavy atom. The number of aromatic nitrogens is 2. The maximum Gasteiger partial charge on any atom is 0.259 e. The molecule has 0 spiro atoms. The van der Waals surface area contributed by atoms with Crippen LogP contribution in [0.1, 0.15) is 48.9 Å². The van der Waals surface area contributed by atoms with Gasteiger partial charge in [-0.15, -0.1) is 11.3 Å². The summed E-state index contributed by atoms with van der Waals surface area (Å²) < 4.78 is 0. The van der Waals surface area contributed by atoms with Crippen molar-refractivity contribution >= 4 is 44.8 Å². The second-order valence-corrected chi connectivity index (χ2v) is 8.78. The lowest BCUT2D eigenvalue weighted by Gasteiger charge is -2.30. The summed E-state index contributed by atoms with van der Waals surface area (Å²) in [4.78, 5) is 33.3. The molecule has 1 fully saturated rings. The molecule has 1 aliphatic rings. The van der Waals surface area contributed by atoms with E-state index in [0.717, 1.165) is 16.9 Å². The van der Waals surface area contributed by atoms with E-state index in [0.29, 0.717) is 33.1 Å². The molecule has 0 saturated heterocycles. The third kappa shape index (κ3) is 4.65. The van der Waals surface area contributed by atoms with Crippen LogP contribution in [0, 0.1) is 19.8 Å². The molecule has 27 heavy (non-hydrogen) atoms. The minimum atomic E-state index is -0.316. The monoisotopic (exact) mass is 407 g/mol. The van der Waals surface area contributed by atoms with Gasteiger partial charge in [0.25, 0.3) is 5.56 Å². The van der Waals surface area contributed by atoms with E-state index in [1.807, 2.05) is 13.8 Å². The quantitative estimate of drug-likeness (QED) is 0.460. The van der Waals surface area contributed by atoms with Gasteiger partial charge in [-0.1, -0.05) is 19.8 Å². The minimum Gasteiger partial charge on any atom is -0.358 e. The number of nitrogens with one attached hydrogen (secondary N) is 4. The maximum absolute atomic E-state index is 12.3. The highest BCUT2D eigenvalue weighted by atomic mass is 32.1. The molecule has 146 valence electrons. The molecule has 9 heteroatoms. The Hall–Kier alpha value is -2.00. The molecule has 7 nitrogen and oxygen atoms in total. The van der Waals surface area contributed by atoms with Gasteiger partial charge < -0.3 is 10.3 Å². The van der Waals surface area contributed by atoms with Gasteiger partial charge in [-0.05, 0) is 50.4 Å². The van der Waals surface area contributed by atoms with Gasteiger partial charge in [0.2, 0.25) is 5.91 Å². The Labute approximate surface area is 167 Å². The van der Waals surface area contributed by atoms with Crippen LogP contribution in [-0.4, -0.2) is 27.0 Å². The first-order chi connectivity index (χ1) is 12.8. The number of nitrogens with zero attached hydrogens (tertiary/aromatic N) is 1. The van der Waals surface area contributed by atoms with Crippen LogP contribution in [0.4, 0.5) is 0 Å². The highest BCUT2D eigenvalue weighted by Gasteiger charge is 2.21. The Morgan fingerprint density at radius 1 is 1.30 bits per heavy atom. The summed E-state index contributed by atoms with van der Waals surface area (Å²) in [5, 5.41) is 4.27. The second-order valence-electron chi connectivity index (χ2n) is 7.17. The molecule has 0 aliphatic heterocycles. The average Bonchev–Trinajstić information content (AvgIpc) is 2.89. The lowest BCUT2D eigenvalue weighted by Crippen LogP contribution is -2.52. The number of rotatable bonds is 3. The topological polar surface area (TPSA) is 98.9 Å². The molecule has 1 saturated carbocycles. The average molecular weight is 408 g/mol. The van der Waals surface area contributed by atoms with Crippen molar-refractivity contribution in [2.45, 2.75) is 58.9 Å². The zero-order valence-corrected chi connectivity index (χ0v) is 17.4. The molecule has 0 aromatic carbocycles. The van der Waals surface area contributed by atoms with Crippen molar-refractivity contribution in [1.29, 1.82) is 0 Å². The van der Waals surface area contributed by atoms with E-state index in [4.69, 9.17) is 12.2 Å². The highest BCUT2D eigenvalue weighted by molar-refractivity contribution is 7.80. The third-order valence-electron chi connectivity index (χ3n) is 5.16. The highest BCUT2D eigenvalue weighted by Crippen LogP contribution is 2.25. The summed E-state index contributed by atoms with van der Waals surface area (Å²) in [6, 6.07) is 0.335. The summed E-state index contributed by atoms with van der Waals surface area (Å²) in [5.74, 6) is 0.587. The summed E-state index contributed by atoms with van der Waals surface area (Å²) >= 11 is 6.73. The van der Waals surface area contributed by atoms with Crippen molar-refractivity contribution in [3.05, 3.63) is 26.6 Å². The predicted octanol–water partition coefficient (Wildman–Crippen LogP) is 2.22. The number of amides is 1. The summed E-state index contributed by atoms with van der Waals surface area (Å²) in [6.45, 7) is 6.07. The van der Waals surface area contributed by atoms with E-state index >= 15 is 0 Å². The number of aryl methyl sites for hydroxylation is 2. The standard InChI is InChI=1S/C18H25N5O2S2/c1-9-6-4-5-7-12(9)19-18(26)23-22-14(24)8-13-20-16(25)15-10(2)11(3)27-17(15)21-13/h9,12H,4-8H2,1-3H3,(H,22,24)(H2,19,23,26)(H,20,21,25)/t9-,12-/m1/s1. The van der Waals surface area contributed by atoms with Gasteiger partial charge in [0.15, 0.2) is 5.11 Å². The lowest BCUT2D eigenvalue weighted by molar-refractivity contribution is -0.121. The number of thiocarbonyl (C=S) groups is 1. The molecule has 4 N–H and O–H groups in total. The van der Waals surface area contributed by atoms with Crippen molar-refractivity contribution in [3.63, 3.8) is 0 Å². The number of aromatic amines is 1. The van der Waals surface area contributed by atoms with Gasteiger partial charge >= 0.3 is 0 Å². The minimum absolute atomic E-state index is 0.0311. The first-order valence-corrected chi connectivity index (χ1v) is 10.4. The Morgan fingerprint density at radius 2 is 2.04 bits per heavy atom. The van der Waals surface area contributed by atoms with E-state index < -0.39 is 0 Å². The molecule has 2 aromatic rings. The van der Waals surface area contributed by atoms with Gasteiger partial charge in [-0.25, -0.2) is 4.98 Å². The van der Waals surface area contributed by atoms with E-state index in [1.54, 1.807) is 0 Å². The van der Waals surface area contributed by atoms with Gasteiger partial charge in [-0.3, -0.25) is 20.4 Å². The van der Waals surface area contributed by atoms with Crippen LogP contribution >= 0.6 is 23.6 Å². The molecule has 0 radical (unpaired) electrons. The summed E-state index contributed by atoms with van der Waals surface area (Å²) in [5.41, 5.74) is 6.04. The fourth-order valence-corrected chi connectivity index (χ4v) is 4.69. The third-order valence-corrected chi connectivity index (χ3v) is 6.48. The summed E-state index contributed by atoms with van der Waals surface area (Å²) in [7, 11) is 0. The zero-order valence-electron chi connectivity index (χ0n) is 15.8. The van der Waals surface area contributed by atoms with Crippen molar-refractivity contribution in [1.82, 2.24) is 26.1 Å². The lowest BCUT2D eigenvalue weighted by atomic mass is 9.86. The summed E-state index contributed by atoms with van der Waals surface area (Å²) in [6.07, 6.45) is 4.70. The van der Waals surface area contributed by atoms with Crippen LogP contribution < -0.4 is 21.7 Å². The fourth-order valence-electron chi connectivity index (χ4n) is 3.44. The molecule has 2 atom stereocenters. The number of H-pyrrole nitrogens is 1. The number of carbonyl (C=O) groups excluding carboxylic acids is 1. The Bertz CT molecular complexity index is 920.